The molecule has 0 aliphatic heterocycles. The quantitative estimate of drug-likeness (QED) is 0.434. The van der Waals surface area contributed by atoms with Crippen molar-refractivity contribution in [1.29, 1.82) is 5.26 Å². The van der Waals surface area contributed by atoms with Crippen LogP contribution in [-0.4, -0.2) is 6.21 Å². The second kappa shape index (κ2) is 10.1. The maximum absolute atomic E-state index is 9.08. The number of anilines is 1. The van der Waals surface area contributed by atoms with Crippen molar-refractivity contribution in [2.24, 2.45) is 0 Å². The minimum absolute atomic E-state index is 0. The van der Waals surface area contributed by atoms with Crippen molar-refractivity contribution in [3.8, 4) is 6.07 Å². The van der Waals surface area contributed by atoms with Gasteiger partial charge in [-0.15, -0.1) is 0 Å². The van der Waals surface area contributed by atoms with Gasteiger partial charge in [0, 0.05) is 30.1 Å². The Morgan fingerprint density at radius 1 is 1.00 bits per heavy atom. The molecular formula is C18H16BrN3. The third kappa shape index (κ3) is 6.21. The van der Waals surface area contributed by atoms with Gasteiger partial charge in [0.25, 0.3) is 0 Å². The smallest absolute Gasteiger partial charge is 0.203 e. The summed E-state index contributed by atoms with van der Waals surface area (Å²) in [7, 11) is 0. The van der Waals surface area contributed by atoms with Gasteiger partial charge < -0.3 is 22.3 Å². The Kier molecular flexibility index (Phi) is 8.02. The van der Waals surface area contributed by atoms with E-state index in [0.717, 1.165) is 11.4 Å². The molecule has 0 bridgehead atoms. The number of benzene rings is 2. The van der Waals surface area contributed by atoms with E-state index in [2.05, 4.69) is 16.4 Å². The lowest BCUT2D eigenvalue weighted by molar-refractivity contribution is -0.346. The zero-order valence-electron chi connectivity index (χ0n) is 11.9. The summed E-state index contributed by atoms with van der Waals surface area (Å²) in [6, 6.07) is 21.7. The fraction of sp³-hybridized carbons (Fsp3) is 0. The molecule has 3 nitrogen and oxygen atoms in total. The first-order valence-corrected chi connectivity index (χ1v) is 6.62. The second-order valence-electron chi connectivity index (χ2n) is 4.25. The van der Waals surface area contributed by atoms with Crippen LogP contribution in [0.4, 0.5) is 11.4 Å². The topological polar surface area (TPSA) is 49.8 Å². The van der Waals surface area contributed by atoms with Gasteiger partial charge in [0.2, 0.25) is 5.69 Å². The van der Waals surface area contributed by atoms with Crippen molar-refractivity contribution in [3.63, 3.8) is 0 Å². The SMILES string of the molecule is N#CC(C=CNc1ccccc1)=CC=[NH+]c1ccccc1.[Br-]. The van der Waals surface area contributed by atoms with Crippen LogP contribution >= 0.6 is 0 Å². The van der Waals surface area contributed by atoms with Crippen molar-refractivity contribution < 1.29 is 22.0 Å². The summed E-state index contributed by atoms with van der Waals surface area (Å²) >= 11 is 0. The van der Waals surface area contributed by atoms with E-state index < -0.39 is 0 Å². The zero-order chi connectivity index (χ0) is 14.8. The summed E-state index contributed by atoms with van der Waals surface area (Å²) < 4.78 is 0. The molecule has 0 aliphatic carbocycles. The lowest BCUT2D eigenvalue weighted by atomic mass is 10.2. The summed E-state index contributed by atoms with van der Waals surface area (Å²) in [5, 5.41) is 12.2. The van der Waals surface area contributed by atoms with E-state index in [1.807, 2.05) is 60.7 Å². The standard InChI is InChI=1S/C18H15N3.BrH/c19-15-16(11-13-20-17-7-3-1-4-8-17)12-14-21-18-9-5-2-6-10-18;/h1-14,20H;1H. The van der Waals surface area contributed by atoms with E-state index in [9.17, 15) is 0 Å². The Morgan fingerprint density at radius 2 is 1.64 bits per heavy atom. The summed E-state index contributed by atoms with van der Waals surface area (Å²) in [5.74, 6) is 0. The molecule has 2 aromatic carbocycles. The zero-order valence-corrected chi connectivity index (χ0v) is 13.5. The lowest BCUT2D eigenvalue weighted by Crippen LogP contribution is -3.00. The van der Waals surface area contributed by atoms with Crippen molar-refractivity contribution in [1.82, 2.24) is 0 Å². The first-order chi connectivity index (χ1) is 10.4. The van der Waals surface area contributed by atoms with Crippen LogP contribution < -0.4 is 27.3 Å². The average Bonchev–Trinajstić information content (AvgIpc) is 2.55. The van der Waals surface area contributed by atoms with Gasteiger partial charge in [0.05, 0.1) is 11.6 Å². The molecule has 0 atom stereocenters. The Labute approximate surface area is 141 Å². The highest BCUT2D eigenvalue weighted by Crippen LogP contribution is 2.05. The number of nitriles is 1. The number of hydrogen-bond donors (Lipinski definition) is 2. The molecule has 0 saturated heterocycles. The minimum atomic E-state index is 0. The molecule has 0 spiro atoms. The Morgan fingerprint density at radius 3 is 2.27 bits per heavy atom. The third-order valence-electron chi connectivity index (χ3n) is 2.70. The van der Waals surface area contributed by atoms with Gasteiger partial charge in [-0.05, 0) is 18.2 Å². The number of halogens is 1. The Hall–Kier alpha value is -2.64. The molecule has 0 radical (unpaired) electrons. The van der Waals surface area contributed by atoms with Crippen LogP contribution in [0.2, 0.25) is 0 Å². The second-order valence-corrected chi connectivity index (χ2v) is 4.25. The normalized spacial score (nSPS) is 11.1. The van der Waals surface area contributed by atoms with Crippen LogP contribution in [0.5, 0.6) is 0 Å². The van der Waals surface area contributed by atoms with E-state index in [-0.39, 0.29) is 17.0 Å². The van der Waals surface area contributed by atoms with Crippen LogP contribution in [0.15, 0.2) is 84.6 Å². The monoisotopic (exact) mass is 353 g/mol. The van der Waals surface area contributed by atoms with E-state index in [1.165, 1.54) is 0 Å². The van der Waals surface area contributed by atoms with Crippen LogP contribution in [0.25, 0.3) is 0 Å². The van der Waals surface area contributed by atoms with Gasteiger partial charge in [-0.1, -0.05) is 36.4 Å². The minimum Gasteiger partial charge on any atom is -1.00 e. The largest absolute Gasteiger partial charge is 1.00 e. The predicted molar refractivity (Wildman–Crippen MR) is 86.0 cm³/mol. The van der Waals surface area contributed by atoms with Crippen LogP contribution in [0.1, 0.15) is 0 Å². The van der Waals surface area contributed by atoms with Crippen molar-refractivity contribution in [3.05, 3.63) is 84.6 Å². The highest BCUT2D eigenvalue weighted by molar-refractivity contribution is 5.70. The highest BCUT2D eigenvalue weighted by Gasteiger charge is 1.91. The molecule has 0 aliphatic rings. The molecule has 110 valence electrons. The Balaban J connectivity index is 0.00000242. The summed E-state index contributed by atoms with van der Waals surface area (Å²) in [5.41, 5.74) is 2.52. The van der Waals surface area contributed by atoms with Gasteiger partial charge in [-0.25, -0.2) is 4.99 Å². The summed E-state index contributed by atoms with van der Waals surface area (Å²) in [6.45, 7) is 0. The van der Waals surface area contributed by atoms with Crippen LogP contribution in [-0.2, 0) is 0 Å². The Bertz CT molecular complexity index is 683. The van der Waals surface area contributed by atoms with Gasteiger partial charge >= 0.3 is 0 Å². The predicted octanol–water partition coefficient (Wildman–Crippen LogP) is -0.451. The van der Waals surface area contributed by atoms with Crippen molar-refractivity contribution in [2.45, 2.75) is 0 Å². The first kappa shape index (κ1) is 17.4. The third-order valence-corrected chi connectivity index (χ3v) is 2.70. The molecule has 0 fully saturated rings. The average molecular weight is 354 g/mol. The maximum Gasteiger partial charge on any atom is 0.203 e. The van der Waals surface area contributed by atoms with Gasteiger partial charge in [-0.2, -0.15) is 5.26 Å². The summed E-state index contributed by atoms with van der Waals surface area (Å²) in [6.07, 6.45) is 6.97. The van der Waals surface area contributed by atoms with E-state index in [4.69, 9.17) is 5.26 Å². The highest BCUT2D eigenvalue weighted by atomic mass is 79.9. The lowest BCUT2D eigenvalue weighted by Gasteiger charge is -1.97. The molecule has 4 heteroatoms. The number of allylic oxidation sites excluding steroid dienone is 3. The maximum atomic E-state index is 9.08. The molecule has 0 heterocycles. The van der Waals surface area contributed by atoms with Crippen LogP contribution in [0, 0.1) is 11.3 Å². The fourth-order valence-electron chi connectivity index (χ4n) is 1.65. The molecule has 2 aromatic rings. The molecular weight excluding hydrogens is 338 g/mol. The van der Waals surface area contributed by atoms with Gasteiger partial charge in [-0.3, -0.25) is 0 Å². The number of hydrogen-bond acceptors (Lipinski definition) is 2. The molecule has 0 saturated carbocycles. The molecule has 0 amide bonds. The van der Waals surface area contributed by atoms with E-state index in [1.54, 1.807) is 24.6 Å². The molecule has 0 aromatic heterocycles. The molecule has 22 heavy (non-hydrogen) atoms. The van der Waals surface area contributed by atoms with Gasteiger partial charge in [0.15, 0.2) is 6.21 Å². The molecule has 2 rings (SSSR count). The van der Waals surface area contributed by atoms with E-state index >= 15 is 0 Å². The molecule has 0 unspecified atom stereocenters. The van der Waals surface area contributed by atoms with E-state index in [0.29, 0.717) is 5.57 Å². The van der Waals surface area contributed by atoms with Gasteiger partial charge in [0.1, 0.15) is 0 Å². The molecule has 2 N–H and O–H groups in total. The number of nitrogens with one attached hydrogen (secondary N) is 2. The summed E-state index contributed by atoms with van der Waals surface area (Å²) in [4.78, 5) is 3.11. The number of para-hydroxylation sites is 2. The van der Waals surface area contributed by atoms with Crippen molar-refractivity contribution >= 4 is 17.6 Å². The fourth-order valence-corrected chi connectivity index (χ4v) is 1.65. The number of nitrogens with zero attached hydrogens (tertiary/aromatic N) is 1. The first-order valence-electron chi connectivity index (χ1n) is 6.62. The number of rotatable bonds is 5. The van der Waals surface area contributed by atoms with Crippen molar-refractivity contribution in [2.75, 3.05) is 5.32 Å². The van der Waals surface area contributed by atoms with Crippen LogP contribution in [0.3, 0.4) is 0 Å².